The molecule has 0 bridgehead atoms. The van der Waals surface area contributed by atoms with Crippen LogP contribution in [0.1, 0.15) is 99.3 Å². The predicted molar refractivity (Wildman–Crippen MR) is 162 cm³/mol. The average molecular weight is 581 g/mol. The van der Waals surface area contributed by atoms with Crippen LogP contribution in [-0.2, 0) is 35.8 Å². The summed E-state index contributed by atoms with van der Waals surface area (Å²) in [6.45, 7) is 14.7. The number of Topliss-reactive ketones (excluding diaryl/α,β-unsaturated/α-hetero) is 2. The van der Waals surface area contributed by atoms with Gasteiger partial charge in [-0.1, -0.05) is 27.7 Å². The molecule has 8 nitrogen and oxygen atoms in total. The lowest BCUT2D eigenvalue weighted by Crippen LogP contribution is -2.30. The molecule has 2 aromatic heterocycles. The standard InChI is InChI=1S/C29H48N4O4S2/c1-7-30-18-24(38)32(26(30)36)20-28(3,4)16-10-14-22(34)12-9-13-23(35)15-11-17-29(5,6)21-33-25(39)19-31(8-2)27(33)37/h18-19,38-39H,7-17,20-21H2,1-6H3. The maximum absolute atomic E-state index is 12.5. The third-order valence-corrected chi connectivity index (χ3v) is 8.15. The summed E-state index contributed by atoms with van der Waals surface area (Å²) in [4.78, 5) is 49.7. The van der Waals surface area contributed by atoms with Crippen molar-refractivity contribution in [2.75, 3.05) is 0 Å². The highest BCUT2D eigenvalue weighted by Gasteiger charge is 2.23. The topological polar surface area (TPSA) is 88.0 Å². The number of aromatic nitrogens is 4. The second kappa shape index (κ2) is 14.6. The maximum atomic E-state index is 12.5. The zero-order chi connectivity index (χ0) is 29.4. The third-order valence-electron chi connectivity index (χ3n) is 7.43. The molecule has 0 saturated heterocycles. The van der Waals surface area contributed by atoms with Crippen LogP contribution in [0.15, 0.2) is 32.0 Å². The number of thiol groups is 2. The van der Waals surface area contributed by atoms with E-state index in [2.05, 4.69) is 53.0 Å². The molecule has 0 aromatic carbocycles. The zero-order valence-electron chi connectivity index (χ0n) is 24.7. The van der Waals surface area contributed by atoms with E-state index in [1.807, 2.05) is 13.8 Å². The van der Waals surface area contributed by atoms with Crippen molar-refractivity contribution in [1.82, 2.24) is 18.3 Å². The molecule has 2 heterocycles. The number of aryl methyl sites for hydroxylation is 2. The van der Waals surface area contributed by atoms with Crippen LogP contribution in [0.25, 0.3) is 0 Å². The molecular weight excluding hydrogens is 532 g/mol. The molecule has 0 aliphatic carbocycles. The summed E-state index contributed by atoms with van der Waals surface area (Å²) < 4.78 is 6.69. The number of ketones is 2. The molecule has 0 N–H and O–H groups in total. The fraction of sp³-hybridized carbons (Fsp3) is 0.724. The minimum atomic E-state index is -0.132. The van der Waals surface area contributed by atoms with Gasteiger partial charge in [0.25, 0.3) is 0 Å². The summed E-state index contributed by atoms with van der Waals surface area (Å²) in [6, 6.07) is 0. The monoisotopic (exact) mass is 580 g/mol. The van der Waals surface area contributed by atoms with E-state index in [0.717, 1.165) is 25.7 Å². The Balaban J connectivity index is 1.66. The number of carbonyl (C=O) groups is 2. The molecule has 0 aliphatic rings. The lowest BCUT2D eigenvalue weighted by molar-refractivity contribution is -0.120. The van der Waals surface area contributed by atoms with Crippen molar-refractivity contribution < 1.29 is 9.59 Å². The van der Waals surface area contributed by atoms with E-state index in [4.69, 9.17) is 0 Å². The molecule has 2 aromatic rings. The largest absolute Gasteiger partial charge is 0.329 e. The summed E-state index contributed by atoms with van der Waals surface area (Å²) >= 11 is 8.89. The Labute approximate surface area is 244 Å². The van der Waals surface area contributed by atoms with Crippen molar-refractivity contribution in [2.45, 2.75) is 136 Å². The molecule has 0 atom stereocenters. The van der Waals surface area contributed by atoms with Gasteiger partial charge in [-0.15, -0.1) is 25.3 Å². The minimum Gasteiger partial charge on any atom is -0.300 e. The number of nitrogens with zero attached hydrogens (tertiary/aromatic N) is 4. The van der Waals surface area contributed by atoms with E-state index in [-0.39, 0.29) is 33.8 Å². The van der Waals surface area contributed by atoms with Crippen LogP contribution in [0.2, 0.25) is 0 Å². The van der Waals surface area contributed by atoms with Gasteiger partial charge in [-0.3, -0.25) is 27.9 Å². The highest BCUT2D eigenvalue weighted by molar-refractivity contribution is 7.80. The first kappa shape index (κ1) is 33.3. The lowest BCUT2D eigenvalue weighted by atomic mass is 9.86. The zero-order valence-corrected chi connectivity index (χ0v) is 26.5. The van der Waals surface area contributed by atoms with Gasteiger partial charge in [-0.2, -0.15) is 0 Å². The molecule has 0 saturated carbocycles. The van der Waals surface area contributed by atoms with Crippen LogP contribution in [0.3, 0.4) is 0 Å². The average Bonchev–Trinajstić information content (AvgIpc) is 3.27. The summed E-state index contributed by atoms with van der Waals surface area (Å²) in [5.41, 5.74) is -0.358. The van der Waals surface area contributed by atoms with Crippen molar-refractivity contribution >= 4 is 36.8 Å². The van der Waals surface area contributed by atoms with E-state index in [9.17, 15) is 19.2 Å². The maximum Gasteiger partial charge on any atom is 0.329 e. The summed E-state index contributed by atoms with van der Waals surface area (Å²) in [7, 11) is 0. The number of rotatable bonds is 18. The molecule has 0 aliphatic heterocycles. The van der Waals surface area contributed by atoms with Crippen molar-refractivity contribution in [3.63, 3.8) is 0 Å². The minimum absolute atomic E-state index is 0.0474. The van der Waals surface area contributed by atoms with Crippen molar-refractivity contribution in [1.29, 1.82) is 0 Å². The first-order chi connectivity index (χ1) is 18.2. The number of carbonyl (C=O) groups excluding carboxylic acids is 2. The summed E-state index contributed by atoms with van der Waals surface area (Å²) in [5.74, 6) is 0.381. The van der Waals surface area contributed by atoms with E-state index in [1.165, 1.54) is 0 Å². The van der Waals surface area contributed by atoms with Gasteiger partial charge in [0.05, 0.1) is 10.1 Å². The van der Waals surface area contributed by atoms with Crippen LogP contribution in [0, 0.1) is 10.8 Å². The summed E-state index contributed by atoms with van der Waals surface area (Å²) in [6.07, 6.45) is 9.15. The molecule has 10 heteroatoms. The molecule has 0 radical (unpaired) electrons. The quantitative estimate of drug-likeness (QED) is 0.224. The van der Waals surface area contributed by atoms with Crippen molar-refractivity contribution in [2.24, 2.45) is 10.8 Å². The van der Waals surface area contributed by atoms with Gasteiger partial charge in [0.2, 0.25) is 0 Å². The Morgan fingerprint density at radius 3 is 1.31 bits per heavy atom. The van der Waals surface area contributed by atoms with Crippen molar-refractivity contribution in [3.05, 3.63) is 33.4 Å². The Hall–Kier alpha value is -1.94. The van der Waals surface area contributed by atoms with Gasteiger partial charge in [0.15, 0.2) is 0 Å². The number of hydrogen-bond donors (Lipinski definition) is 2. The SMILES string of the molecule is CCn1cc(S)n(CC(C)(C)CCCC(=O)CCCC(=O)CCCC(C)(C)Cn2c(S)cn(CC)c2=O)c1=O. The first-order valence-corrected chi connectivity index (χ1v) is 15.1. The van der Waals surface area contributed by atoms with Crippen LogP contribution in [0.4, 0.5) is 0 Å². The lowest BCUT2D eigenvalue weighted by Gasteiger charge is -2.25. The van der Waals surface area contributed by atoms with E-state index < -0.39 is 0 Å². The fourth-order valence-corrected chi connectivity index (χ4v) is 5.65. The van der Waals surface area contributed by atoms with Gasteiger partial charge >= 0.3 is 11.4 Å². The molecule has 0 fully saturated rings. The second-order valence-electron chi connectivity index (χ2n) is 12.3. The van der Waals surface area contributed by atoms with Gasteiger partial charge in [-0.05, 0) is 56.8 Å². The van der Waals surface area contributed by atoms with Crippen LogP contribution in [0.5, 0.6) is 0 Å². The molecule has 39 heavy (non-hydrogen) atoms. The number of hydrogen-bond acceptors (Lipinski definition) is 6. The Bertz CT molecular complexity index is 1140. The summed E-state index contributed by atoms with van der Waals surface area (Å²) in [5, 5.41) is 1.32. The van der Waals surface area contributed by atoms with Crippen LogP contribution < -0.4 is 11.4 Å². The van der Waals surface area contributed by atoms with Crippen molar-refractivity contribution in [3.8, 4) is 0 Å². The highest BCUT2D eigenvalue weighted by Crippen LogP contribution is 2.28. The first-order valence-electron chi connectivity index (χ1n) is 14.2. The highest BCUT2D eigenvalue weighted by atomic mass is 32.1. The molecule has 2 rings (SSSR count). The molecule has 0 unspecified atom stereocenters. The molecule has 0 spiro atoms. The fourth-order valence-electron chi connectivity index (χ4n) is 5.06. The van der Waals surface area contributed by atoms with E-state index in [1.54, 1.807) is 30.7 Å². The van der Waals surface area contributed by atoms with Gasteiger partial charge in [0, 0.05) is 64.3 Å². The normalized spacial score (nSPS) is 12.3. The Morgan fingerprint density at radius 1 is 0.667 bits per heavy atom. The van der Waals surface area contributed by atoms with Gasteiger partial charge in [-0.25, -0.2) is 9.59 Å². The van der Waals surface area contributed by atoms with E-state index >= 15 is 0 Å². The third kappa shape index (κ3) is 10.2. The Kier molecular flexibility index (Phi) is 12.5. The molecule has 220 valence electrons. The predicted octanol–water partition coefficient (Wildman–Crippen LogP) is 5.63. The van der Waals surface area contributed by atoms with Gasteiger partial charge < -0.3 is 0 Å². The Morgan fingerprint density at radius 2 is 1.00 bits per heavy atom. The van der Waals surface area contributed by atoms with Crippen LogP contribution >= 0.6 is 25.3 Å². The van der Waals surface area contributed by atoms with Gasteiger partial charge in [0.1, 0.15) is 11.6 Å². The van der Waals surface area contributed by atoms with E-state index in [0.29, 0.717) is 68.3 Å². The van der Waals surface area contributed by atoms with Crippen LogP contribution in [-0.4, -0.2) is 29.8 Å². The molecular formula is C29H48N4O4S2. The second-order valence-corrected chi connectivity index (χ2v) is 13.2. The smallest absolute Gasteiger partial charge is 0.300 e. The number of imidazole rings is 2. The molecule has 0 amide bonds.